The first kappa shape index (κ1) is 14.9. The highest BCUT2D eigenvalue weighted by Gasteiger charge is 2.24. The molecule has 0 N–H and O–H groups in total. The summed E-state index contributed by atoms with van der Waals surface area (Å²) in [6.07, 6.45) is 0. The van der Waals surface area contributed by atoms with E-state index in [-0.39, 0.29) is 11.3 Å². The summed E-state index contributed by atoms with van der Waals surface area (Å²) in [6, 6.07) is 0. The van der Waals surface area contributed by atoms with Gasteiger partial charge in [-0.2, -0.15) is 0 Å². The van der Waals surface area contributed by atoms with Crippen LogP contribution in [0.1, 0.15) is 45.1 Å². The van der Waals surface area contributed by atoms with E-state index in [0.29, 0.717) is 11.8 Å². The van der Waals surface area contributed by atoms with Gasteiger partial charge >= 0.3 is 0 Å². The van der Waals surface area contributed by atoms with Crippen LogP contribution >= 0.6 is 27.5 Å². The first-order valence-corrected chi connectivity index (χ1v) is 6.66. The number of ether oxygens (including phenoxy) is 1. The molecule has 0 amide bonds. The molecule has 1 aromatic rings. The number of halogens is 2. The predicted molar refractivity (Wildman–Crippen MR) is 73.7 cm³/mol. The minimum atomic E-state index is -0.0764. The maximum absolute atomic E-state index is 6.13. The van der Waals surface area contributed by atoms with Gasteiger partial charge in [-0.15, -0.1) is 0 Å². The average molecular weight is 322 g/mol. The summed E-state index contributed by atoms with van der Waals surface area (Å²) < 4.78 is 5.90. The fourth-order valence-corrected chi connectivity index (χ4v) is 2.43. The van der Waals surface area contributed by atoms with E-state index in [1.807, 2.05) is 6.92 Å². The molecule has 1 unspecified atom stereocenters. The zero-order valence-electron chi connectivity index (χ0n) is 10.8. The lowest BCUT2D eigenvalue weighted by Gasteiger charge is -2.21. The maximum atomic E-state index is 6.13. The molecule has 1 atom stereocenters. The van der Waals surface area contributed by atoms with Gasteiger partial charge in [-0.1, -0.05) is 39.3 Å². The fraction of sp³-hybridized carbons (Fsp3) is 0.667. The summed E-state index contributed by atoms with van der Waals surface area (Å²) in [5, 5.41) is 0.461. The van der Waals surface area contributed by atoms with Crippen LogP contribution in [0.2, 0.25) is 5.15 Å². The highest BCUT2D eigenvalue weighted by atomic mass is 79.9. The standard InChI is InChI=1S/C12H18BrClN2O/c1-7(6-17-5)11-15-9(12(2,3)4)8(13)10(14)16-11/h7H,6H2,1-5H3. The minimum Gasteiger partial charge on any atom is -0.384 e. The summed E-state index contributed by atoms with van der Waals surface area (Å²) in [4.78, 5) is 8.89. The van der Waals surface area contributed by atoms with E-state index in [9.17, 15) is 0 Å². The van der Waals surface area contributed by atoms with Crippen molar-refractivity contribution < 1.29 is 4.74 Å². The lowest BCUT2D eigenvalue weighted by atomic mass is 9.92. The Labute approximate surface area is 116 Å². The first-order chi connectivity index (χ1) is 7.77. The molecular weight excluding hydrogens is 304 g/mol. The van der Waals surface area contributed by atoms with E-state index in [1.54, 1.807) is 7.11 Å². The van der Waals surface area contributed by atoms with Crippen LogP contribution in [-0.2, 0) is 10.2 Å². The number of rotatable bonds is 3. The molecule has 96 valence electrons. The largest absolute Gasteiger partial charge is 0.384 e. The quantitative estimate of drug-likeness (QED) is 0.791. The second-order valence-electron chi connectivity index (χ2n) is 5.14. The Kier molecular flexibility index (Phi) is 4.93. The average Bonchev–Trinajstić information content (AvgIpc) is 2.20. The Morgan fingerprint density at radius 1 is 1.35 bits per heavy atom. The molecule has 0 fully saturated rings. The van der Waals surface area contributed by atoms with Crippen molar-refractivity contribution in [1.29, 1.82) is 0 Å². The Balaban J connectivity index is 3.24. The van der Waals surface area contributed by atoms with Crippen molar-refractivity contribution in [2.24, 2.45) is 0 Å². The number of nitrogens with zero attached hydrogens (tertiary/aromatic N) is 2. The summed E-state index contributed by atoms with van der Waals surface area (Å²) in [5.41, 5.74) is 0.850. The number of methoxy groups -OCH3 is 1. The normalized spacial score (nSPS) is 13.8. The lowest BCUT2D eigenvalue weighted by molar-refractivity contribution is 0.181. The monoisotopic (exact) mass is 320 g/mol. The van der Waals surface area contributed by atoms with Crippen LogP contribution in [0.4, 0.5) is 0 Å². The van der Waals surface area contributed by atoms with Crippen molar-refractivity contribution in [2.75, 3.05) is 13.7 Å². The fourth-order valence-electron chi connectivity index (χ4n) is 1.48. The van der Waals surface area contributed by atoms with Crippen LogP contribution in [0.3, 0.4) is 0 Å². The second kappa shape index (κ2) is 5.63. The molecule has 0 aliphatic heterocycles. The molecule has 17 heavy (non-hydrogen) atoms. The van der Waals surface area contributed by atoms with E-state index in [0.717, 1.165) is 16.0 Å². The van der Waals surface area contributed by atoms with Crippen LogP contribution in [0, 0.1) is 0 Å². The molecular formula is C12H18BrClN2O. The molecule has 1 rings (SSSR count). The van der Waals surface area contributed by atoms with Crippen molar-refractivity contribution in [3.05, 3.63) is 21.1 Å². The van der Waals surface area contributed by atoms with Gasteiger partial charge in [0.25, 0.3) is 0 Å². The molecule has 1 aromatic heterocycles. The van der Waals surface area contributed by atoms with E-state index < -0.39 is 0 Å². The van der Waals surface area contributed by atoms with Crippen LogP contribution in [0.15, 0.2) is 4.47 Å². The zero-order valence-corrected chi connectivity index (χ0v) is 13.2. The van der Waals surface area contributed by atoms with E-state index in [2.05, 4.69) is 46.7 Å². The lowest BCUT2D eigenvalue weighted by Crippen LogP contribution is -2.18. The van der Waals surface area contributed by atoms with Crippen molar-refractivity contribution in [2.45, 2.75) is 39.0 Å². The molecule has 1 heterocycles. The van der Waals surface area contributed by atoms with Gasteiger partial charge in [0.05, 0.1) is 16.8 Å². The Morgan fingerprint density at radius 2 is 1.94 bits per heavy atom. The number of hydrogen-bond acceptors (Lipinski definition) is 3. The van der Waals surface area contributed by atoms with Crippen LogP contribution in [-0.4, -0.2) is 23.7 Å². The summed E-state index contributed by atoms with van der Waals surface area (Å²) in [5.74, 6) is 0.858. The van der Waals surface area contributed by atoms with Gasteiger partial charge in [0.2, 0.25) is 0 Å². The molecule has 0 aromatic carbocycles. The SMILES string of the molecule is COCC(C)c1nc(Cl)c(Br)c(C(C)(C)C)n1. The summed E-state index contributed by atoms with van der Waals surface area (Å²) in [6.45, 7) is 8.90. The van der Waals surface area contributed by atoms with Crippen LogP contribution < -0.4 is 0 Å². The van der Waals surface area contributed by atoms with Crippen LogP contribution in [0.25, 0.3) is 0 Å². The number of aromatic nitrogens is 2. The molecule has 0 bridgehead atoms. The predicted octanol–water partition coefficient (Wildman–Crippen LogP) is 3.94. The topological polar surface area (TPSA) is 35.0 Å². The highest BCUT2D eigenvalue weighted by molar-refractivity contribution is 9.10. The molecule has 0 saturated heterocycles. The van der Waals surface area contributed by atoms with Gasteiger partial charge in [0.15, 0.2) is 0 Å². The molecule has 5 heteroatoms. The second-order valence-corrected chi connectivity index (χ2v) is 6.29. The Hall–Kier alpha value is -0.190. The Morgan fingerprint density at radius 3 is 2.41 bits per heavy atom. The van der Waals surface area contributed by atoms with Gasteiger partial charge < -0.3 is 4.74 Å². The van der Waals surface area contributed by atoms with Gasteiger partial charge in [0.1, 0.15) is 11.0 Å². The van der Waals surface area contributed by atoms with E-state index in [4.69, 9.17) is 16.3 Å². The summed E-state index contributed by atoms with van der Waals surface area (Å²) >= 11 is 9.58. The summed E-state index contributed by atoms with van der Waals surface area (Å²) in [7, 11) is 1.67. The van der Waals surface area contributed by atoms with Gasteiger partial charge in [-0.3, -0.25) is 0 Å². The third-order valence-corrected chi connectivity index (χ3v) is 3.65. The maximum Gasteiger partial charge on any atom is 0.147 e. The highest BCUT2D eigenvalue weighted by Crippen LogP contribution is 2.33. The first-order valence-electron chi connectivity index (χ1n) is 5.49. The van der Waals surface area contributed by atoms with Crippen molar-refractivity contribution in [1.82, 2.24) is 9.97 Å². The van der Waals surface area contributed by atoms with Crippen molar-refractivity contribution in [3.63, 3.8) is 0 Å². The van der Waals surface area contributed by atoms with Gasteiger partial charge in [-0.05, 0) is 15.9 Å². The third-order valence-electron chi connectivity index (χ3n) is 2.40. The van der Waals surface area contributed by atoms with Crippen molar-refractivity contribution in [3.8, 4) is 0 Å². The molecule has 3 nitrogen and oxygen atoms in total. The molecule has 0 aliphatic carbocycles. The molecule has 0 spiro atoms. The zero-order chi connectivity index (χ0) is 13.2. The van der Waals surface area contributed by atoms with Crippen LogP contribution in [0.5, 0.6) is 0 Å². The minimum absolute atomic E-state index is 0.0764. The van der Waals surface area contributed by atoms with E-state index in [1.165, 1.54) is 0 Å². The van der Waals surface area contributed by atoms with E-state index >= 15 is 0 Å². The third kappa shape index (κ3) is 3.63. The smallest absolute Gasteiger partial charge is 0.147 e. The van der Waals surface area contributed by atoms with Gasteiger partial charge in [-0.25, -0.2) is 9.97 Å². The van der Waals surface area contributed by atoms with Crippen molar-refractivity contribution >= 4 is 27.5 Å². The molecule has 0 aliphatic rings. The molecule has 0 saturated carbocycles. The van der Waals surface area contributed by atoms with Gasteiger partial charge in [0, 0.05) is 18.4 Å². The number of hydrogen-bond donors (Lipinski definition) is 0. The Bertz CT molecular complexity index is 404. The molecule has 0 radical (unpaired) electrons.